The van der Waals surface area contributed by atoms with E-state index in [1.807, 2.05) is 41.9 Å². The molecule has 31 heavy (non-hydrogen) atoms. The van der Waals surface area contributed by atoms with Gasteiger partial charge in [-0.1, -0.05) is 37.3 Å². The van der Waals surface area contributed by atoms with Crippen molar-refractivity contribution < 1.29 is 9.53 Å². The normalized spacial score (nSPS) is 12.2. The topological polar surface area (TPSA) is 101 Å². The van der Waals surface area contributed by atoms with E-state index >= 15 is 0 Å². The summed E-state index contributed by atoms with van der Waals surface area (Å²) in [6.45, 7) is 6.80. The Morgan fingerprint density at radius 1 is 1.23 bits per heavy atom. The van der Waals surface area contributed by atoms with Crippen molar-refractivity contribution >= 4 is 17.0 Å². The Hall–Kier alpha value is -3.62. The van der Waals surface area contributed by atoms with Gasteiger partial charge in [-0.05, 0) is 31.5 Å². The van der Waals surface area contributed by atoms with Crippen molar-refractivity contribution in [2.45, 2.75) is 46.2 Å². The van der Waals surface area contributed by atoms with Gasteiger partial charge in [0.2, 0.25) is 5.82 Å². The molecule has 1 unspecified atom stereocenters. The SMILES string of the molecule is CCC(C)n1ncc2c(C(=O)OCCCn3nnc(-c4ccccc4)n3)cc(C)nc21. The molecule has 9 heteroatoms. The van der Waals surface area contributed by atoms with Gasteiger partial charge < -0.3 is 4.74 Å². The molecule has 9 nitrogen and oxygen atoms in total. The summed E-state index contributed by atoms with van der Waals surface area (Å²) >= 11 is 0. The maximum absolute atomic E-state index is 12.7. The van der Waals surface area contributed by atoms with Crippen molar-refractivity contribution in [2.75, 3.05) is 6.61 Å². The number of rotatable bonds is 8. The Labute approximate surface area is 180 Å². The molecular weight excluding hydrogens is 394 g/mol. The summed E-state index contributed by atoms with van der Waals surface area (Å²) in [6, 6.07) is 11.6. The number of aryl methyl sites for hydroxylation is 2. The third kappa shape index (κ3) is 4.45. The largest absolute Gasteiger partial charge is 0.462 e. The molecule has 3 aromatic heterocycles. The number of fused-ring (bicyclic) bond motifs is 1. The number of tetrazole rings is 1. The van der Waals surface area contributed by atoms with Crippen LogP contribution >= 0.6 is 0 Å². The number of ether oxygens (including phenoxy) is 1. The van der Waals surface area contributed by atoms with Crippen LogP contribution in [0.4, 0.5) is 0 Å². The van der Waals surface area contributed by atoms with Gasteiger partial charge >= 0.3 is 5.97 Å². The van der Waals surface area contributed by atoms with E-state index in [-0.39, 0.29) is 18.6 Å². The second-order valence-electron chi connectivity index (χ2n) is 7.46. The fourth-order valence-corrected chi connectivity index (χ4v) is 3.30. The van der Waals surface area contributed by atoms with Crippen molar-refractivity contribution in [3.63, 3.8) is 0 Å². The third-order valence-electron chi connectivity index (χ3n) is 5.14. The molecule has 0 spiro atoms. The van der Waals surface area contributed by atoms with Crippen LogP contribution < -0.4 is 0 Å². The van der Waals surface area contributed by atoms with Gasteiger partial charge in [-0.15, -0.1) is 10.2 Å². The number of carbonyl (C=O) groups is 1. The summed E-state index contributed by atoms with van der Waals surface area (Å²) in [6.07, 6.45) is 3.19. The minimum atomic E-state index is -0.379. The summed E-state index contributed by atoms with van der Waals surface area (Å²) in [5, 5.41) is 17.6. The average Bonchev–Trinajstić information content (AvgIpc) is 3.43. The standard InChI is InChI=1S/C22H25N7O2/c1-4-16(3)29-21-19(14-23-29)18(13-15(2)24-21)22(30)31-12-8-11-28-26-20(25-27-28)17-9-6-5-7-10-17/h5-7,9-10,13-14,16H,4,8,11-12H2,1-3H3. The molecule has 4 aromatic rings. The Morgan fingerprint density at radius 2 is 2.03 bits per heavy atom. The van der Waals surface area contributed by atoms with Gasteiger partial charge in [0.15, 0.2) is 5.65 Å². The Morgan fingerprint density at radius 3 is 2.81 bits per heavy atom. The highest BCUT2D eigenvalue weighted by Crippen LogP contribution is 2.23. The number of benzene rings is 1. The van der Waals surface area contributed by atoms with E-state index in [4.69, 9.17) is 4.74 Å². The van der Waals surface area contributed by atoms with Crippen molar-refractivity contribution in [3.8, 4) is 11.4 Å². The molecule has 3 heterocycles. The van der Waals surface area contributed by atoms with Gasteiger partial charge in [-0.25, -0.2) is 14.5 Å². The minimum absolute atomic E-state index is 0.201. The summed E-state index contributed by atoms with van der Waals surface area (Å²) in [4.78, 5) is 18.8. The first-order valence-corrected chi connectivity index (χ1v) is 10.4. The van der Waals surface area contributed by atoms with Crippen LogP contribution in [0.25, 0.3) is 22.4 Å². The van der Waals surface area contributed by atoms with Gasteiger partial charge in [-0.2, -0.15) is 9.90 Å². The second-order valence-corrected chi connectivity index (χ2v) is 7.46. The van der Waals surface area contributed by atoms with E-state index in [0.717, 1.165) is 17.7 Å². The fourth-order valence-electron chi connectivity index (χ4n) is 3.30. The average molecular weight is 419 g/mol. The Bertz CT molecular complexity index is 1180. The number of esters is 1. The van der Waals surface area contributed by atoms with E-state index in [0.29, 0.717) is 35.4 Å². The predicted molar refractivity (Wildman–Crippen MR) is 115 cm³/mol. The quantitative estimate of drug-likeness (QED) is 0.318. The highest BCUT2D eigenvalue weighted by Gasteiger charge is 2.18. The van der Waals surface area contributed by atoms with Gasteiger partial charge in [-0.3, -0.25) is 0 Å². The number of carbonyl (C=O) groups excluding carboxylic acids is 1. The molecule has 0 N–H and O–H groups in total. The van der Waals surface area contributed by atoms with Crippen LogP contribution in [-0.4, -0.2) is 47.5 Å². The van der Waals surface area contributed by atoms with Gasteiger partial charge in [0, 0.05) is 17.7 Å². The number of hydrogen-bond acceptors (Lipinski definition) is 7. The van der Waals surface area contributed by atoms with Crippen molar-refractivity contribution in [1.82, 2.24) is 35.0 Å². The zero-order valence-corrected chi connectivity index (χ0v) is 17.9. The molecule has 0 aliphatic rings. The zero-order chi connectivity index (χ0) is 21.8. The first kappa shape index (κ1) is 20.6. The first-order valence-electron chi connectivity index (χ1n) is 10.4. The molecular formula is C22H25N7O2. The second kappa shape index (κ2) is 9.03. The number of aromatic nitrogens is 7. The van der Waals surface area contributed by atoms with E-state index in [1.54, 1.807) is 12.3 Å². The molecule has 0 fully saturated rings. The molecule has 0 saturated heterocycles. The smallest absolute Gasteiger partial charge is 0.339 e. The molecule has 0 saturated carbocycles. The number of nitrogens with zero attached hydrogens (tertiary/aromatic N) is 7. The maximum Gasteiger partial charge on any atom is 0.339 e. The summed E-state index contributed by atoms with van der Waals surface area (Å²) < 4.78 is 7.37. The predicted octanol–water partition coefficient (Wildman–Crippen LogP) is 3.61. The molecule has 0 amide bonds. The van der Waals surface area contributed by atoms with Crippen LogP contribution in [-0.2, 0) is 11.3 Å². The summed E-state index contributed by atoms with van der Waals surface area (Å²) in [7, 11) is 0. The highest BCUT2D eigenvalue weighted by atomic mass is 16.5. The highest BCUT2D eigenvalue weighted by molar-refractivity contribution is 6.02. The summed E-state index contributed by atoms with van der Waals surface area (Å²) in [5.74, 6) is 0.196. The lowest BCUT2D eigenvalue weighted by molar-refractivity contribution is 0.0495. The van der Waals surface area contributed by atoms with Gasteiger partial charge in [0.25, 0.3) is 0 Å². The van der Waals surface area contributed by atoms with E-state index in [2.05, 4.69) is 39.3 Å². The van der Waals surface area contributed by atoms with Crippen LogP contribution in [0.5, 0.6) is 0 Å². The van der Waals surface area contributed by atoms with Crippen molar-refractivity contribution in [1.29, 1.82) is 0 Å². The lowest BCUT2D eigenvalue weighted by Gasteiger charge is -2.11. The van der Waals surface area contributed by atoms with Crippen LogP contribution in [0, 0.1) is 6.92 Å². The monoisotopic (exact) mass is 419 g/mol. The minimum Gasteiger partial charge on any atom is -0.462 e. The van der Waals surface area contributed by atoms with Gasteiger partial charge in [0.1, 0.15) is 0 Å². The first-order chi connectivity index (χ1) is 15.1. The molecule has 0 bridgehead atoms. The molecule has 0 radical (unpaired) electrons. The molecule has 0 aliphatic heterocycles. The van der Waals surface area contributed by atoms with E-state index < -0.39 is 0 Å². The van der Waals surface area contributed by atoms with Crippen LogP contribution in [0.1, 0.15) is 48.8 Å². The Balaban J connectivity index is 1.38. The lowest BCUT2D eigenvalue weighted by Crippen LogP contribution is -2.12. The Kier molecular flexibility index (Phi) is 6.01. The van der Waals surface area contributed by atoms with Crippen molar-refractivity contribution in [3.05, 3.63) is 53.9 Å². The molecule has 1 aromatic carbocycles. The summed E-state index contributed by atoms with van der Waals surface area (Å²) in [5.41, 5.74) is 2.86. The number of hydrogen-bond donors (Lipinski definition) is 0. The molecule has 0 aliphatic carbocycles. The maximum atomic E-state index is 12.7. The number of pyridine rings is 1. The van der Waals surface area contributed by atoms with E-state index in [1.165, 1.54) is 4.80 Å². The zero-order valence-electron chi connectivity index (χ0n) is 17.9. The van der Waals surface area contributed by atoms with Gasteiger partial charge in [0.05, 0.1) is 36.3 Å². The molecule has 1 atom stereocenters. The van der Waals surface area contributed by atoms with Crippen LogP contribution in [0.3, 0.4) is 0 Å². The molecule has 4 rings (SSSR count). The van der Waals surface area contributed by atoms with Crippen LogP contribution in [0.15, 0.2) is 42.6 Å². The van der Waals surface area contributed by atoms with Crippen LogP contribution in [0.2, 0.25) is 0 Å². The van der Waals surface area contributed by atoms with E-state index in [9.17, 15) is 4.79 Å². The third-order valence-corrected chi connectivity index (χ3v) is 5.14. The van der Waals surface area contributed by atoms with Crippen molar-refractivity contribution in [2.24, 2.45) is 0 Å². The lowest BCUT2D eigenvalue weighted by atomic mass is 10.1. The fraction of sp³-hybridized carbons (Fsp3) is 0.364. The molecule has 160 valence electrons.